The predicted octanol–water partition coefficient (Wildman–Crippen LogP) is 4.15. The van der Waals surface area contributed by atoms with Crippen molar-refractivity contribution in [1.82, 2.24) is 30.0 Å². The molecule has 3 aliphatic rings. The number of amides is 1. The van der Waals surface area contributed by atoms with Crippen molar-refractivity contribution in [1.29, 1.82) is 0 Å². The molecule has 0 unspecified atom stereocenters. The Balaban J connectivity index is 1.17. The lowest BCUT2D eigenvalue weighted by molar-refractivity contribution is 0.0945. The van der Waals surface area contributed by atoms with Crippen LogP contribution in [0.1, 0.15) is 64.4 Å². The van der Waals surface area contributed by atoms with Crippen LogP contribution in [0.4, 0.5) is 5.69 Å². The van der Waals surface area contributed by atoms with Crippen LogP contribution in [-0.4, -0.2) is 69.6 Å². The number of anilines is 1. The molecule has 0 saturated carbocycles. The minimum atomic E-state index is -0.216. The molecule has 0 radical (unpaired) electrons. The SMILES string of the molecule is CN1CCC2(CC1)CC(=O)c1ccc(-c3c[nH]c4ncc(C(=O)Nc5cnn(C6CCNCC6)c5)cc34)cc12. The molecule has 2 aliphatic heterocycles. The predicted molar refractivity (Wildman–Crippen MR) is 150 cm³/mol. The van der Waals surface area contributed by atoms with Crippen LogP contribution in [0.2, 0.25) is 0 Å². The number of likely N-dealkylation sites (tertiary alicyclic amines) is 1. The second kappa shape index (κ2) is 9.43. The summed E-state index contributed by atoms with van der Waals surface area (Å²) in [5, 5.41) is 11.7. The molecule has 9 heteroatoms. The number of rotatable bonds is 4. The molecule has 2 fully saturated rings. The third-order valence-electron chi connectivity index (χ3n) is 8.98. The number of carbonyl (C=O) groups excluding carboxylic acids is 2. The van der Waals surface area contributed by atoms with Gasteiger partial charge in [-0.25, -0.2) is 4.98 Å². The molecule has 2 saturated heterocycles. The highest BCUT2D eigenvalue weighted by molar-refractivity contribution is 6.07. The molecule has 7 rings (SSSR count). The van der Waals surface area contributed by atoms with Gasteiger partial charge in [0.25, 0.3) is 5.91 Å². The van der Waals surface area contributed by atoms with Crippen molar-refractivity contribution >= 4 is 28.4 Å². The molecule has 3 aromatic heterocycles. The van der Waals surface area contributed by atoms with E-state index in [1.807, 2.05) is 35.3 Å². The van der Waals surface area contributed by atoms with Crippen LogP contribution in [0, 0.1) is 0 Å². The maximum Gasteiger partial charge on any atom is 0.257 e. The topological polar surface area (TPSA) is 108 Å². The third kappa shape index (κ3) is 4.26. The van der Waals surface area contributed by atoms with Crippen molar-refractivity contribution in [3.05, 3.63) is 65.7 Å². The van der Waals surface area contributed by atoms with Crippen LogP contribution >= 0.6 is 0 Å². The number of ketones is 1. The van der Waals surface area contributed by atoms with Gasteiger partial charge in [0.1, 0.15) is 5.65 Å². The highest BCUT2D eigenvalue weighted by atomic mass is 16.1. The summed E-state index contributed by atoms with van der Waals surface area (Å²) in [4.78, 5) is 36.2. The summed E-state index contributed by atoms with van der Waals surface area (Å²) in [5.41, 5.74) is 5.90. The van der Waals surface area contributed by atoms with Gasteiger partial charge in [-0.2, -0.15) is 5.10 Å². The summed E-state index contributed by atoms with van der Waals surface area (Å²) in [6.45, 7) is 3.97. The third-order valence-corrected chi connectivity index (χ3v) is 8.98. The van der Waals surface area contributed by atoms with Gasteiger partial charge in [-0.3, -0.25) is 14.3 Å². The van der Waals surface area contributed by atoms with Crippen LogP contribution in [0.25, 0.3) is 22.2 Å². The van der Waals surface area contributed by atoms with Gasteiger partial charge in [0.15, 0.2) is 5.78 Å². The number of hydrogen-bond acceptors (Lipinski definition) is 6. The van der Waals surface area contributed by atoms with E-state index in [1.165, 1.54) is 5.56 Å². The fraction of sp³-hybridized carbons (Fsp3) is 0.400. The first kappa shape index (κ1) is 24.2. The molecule has 5 heterocycles. The van der Waals surface area contributed by atoms with Gasteiger partial charge in [-0.1, -0.05) is 12.1 Å². The number of hydrogen-bond donors (Lipinski definition) is 3. The summed E-state index contributed by atoms with van der Waals surface area (Å²) in [5.74, 6) is 0.0374. The number of aromatic amines is 1. The van der Waals surface area contributed by atoms with Crippen LogP contribution in [0.5, 0.6) is 0 Å². The monoisotopic (exact) mass is 523 g/mol. The molecule has 1 aromatic carbocycles. The van der Waals surface area contributed by atoms with Crippen molar-refractivity contribution in [2.75, 3.05) is 38.5 Å². The lowest BCUT2D eigenvalue weighted by Gasteiger charge is -2.38. The molecule has 200 valence electrons. The highest BCUT2D eigenvalue weighted by Crippen LogP contribution is 2.47. The summed E-state index contributed by atoms with van der Waals surface area (Å²) >= 11 is 0. The molecule has 39 heavy (non-hydrogen) atoms. The molecule has 1 aliphatic carbocycles. The quantitative estimate of drug-likeness (QED) is 0.371. The van der Waals surface area contributed by atoms with Crippen LogP contribution in [0.3, 0.4) is 0 Å². The van der Waals surface area contributed by atoms with Crippen molar-refractivity contribution in [3.8, 4) is 11.1 Å². The molecule has 1 spiro atoms. The van der Waals surface area contributed by atoms with Gasteiger partial charge in [0.2, 0.25) is 0 Å². The van der Waals surface area contributed by atoms with Gasteiger partial charge in [-0.05, 0) is 82.2 Å². The van der Waals surface area contributed by atoms with E-state index in [2.05, 4.69) is 43.7 Å². The number of nitrogens with zero attached hydrogens (tertiary/aromatic N) is 4. The Morgan fingerprint density at radius 3 is 2.74 bits per heavy atom. The normalized spacial score (nSPS) is 19.6. The molecule has 0 atom stereocenters. The van der Waals surface area contributed by atoms with Gasteiger partial charge in [0.05, 0.1) is 23.5 Å². The first-order chi connectivity index (χ1) is 19.0. The summed E-state index contributed by atoms with van der Waals surface area (Å²) in [6.07, 6.45) is 11.8. The number of H-pyrrole nitrogens is 1. The average molecular weight is 524 g/mol. The van der Waals surface area contributed by atoms with Gasteiger partial charge < -0.3 is 20.5 Å². The van der Waals surface area contributed by atoms with Gasteiger partial charge >= 0.3 is 0 Å². The van der Waals surface area contributed by atoms with E-state index < -0.39 is 0 Å². The lowest BCUT2D eigenvalue weighted by Crippen LogP contribution is -2.39. The zero-order valence-electron chi connectivity index (χ0n) is 22.2. The van der Waals surface area contributed by atoms with Crippen molar-refractivity contribution < 1.29 is 9.59 Å². The van der Waals surface area contributed by atoms with E-state index in [0.29, 0.717) is 23.7 Å². The fourth-order valence-corrected chi connectivity index (χ4v) is 6.63. The van der Waals surface area contributed by atoms with E-state index in [-0.39, 0.29) is 17.1 Å². The Morgan fingerprint density at radius 1 is 1.10 bits per heavy atom. The zero-order valence-corrected chi connectivity index (χ0v) is 22.2. The zero-order chi connectivity index (χ0) is 26.6. The van der Waals surface area contributed by atoms with E-state index in [1.54, 1.807) is 12.4 Å². The van der Waals surface area contributed by atoms with Crippen LogP contribution in [0.15, 0.2) is 49.1 Å². The van der Waals surface area contributed by atoms with E-state index in [0.717, 1.165) is 79.6 Å². The highest BCUT2D eigenvalue weighted by Gasteiger charge is 2.44. The smallest absolute Gasteiger partial charge is 0.257 e. The Labute approximate surface area is 227 Å². The van der Waals surface area contributed by atoms with E-state index in [9.17, 15) is 9.59 Å². The Kier molecular flexibility index (Phi) is 5.86. The summed E-state index contributed by atoms with van der Waals surface area (Å²) < 4.78 is 1.96. The standard InChI is InChI=1S/C30H33N7O2/c1-36-10-6-30(7-11-36)14-27(38)23-3-2-19(13-26(23)30)25-17-33-28-24(25)12-20(15-32-28)29(39)35-21-16-34-37(18-21)22-4-8-31-9-5-22/h2-3,12-13,15-18,22,31H,4-11,14H2,1H3,(H,32,33)(H,35,39). The van der Waals surface area contributed by atoms with E-state index in [4.69, 9.17) is 0 Å². The van der Waals surface area contributed by atoms with Gasteiger partial charge in [-0.15, -0.1) is 0 Å². The van der Waals surface area contributed by atoms with Crippen molar-refractivity contribution in [2.45, 2.75) is 43.6 Å². The van der Waals surface area contributed by atoms with Crippen molar-refractivity contribution in [2.24, 2.45) is 0 Å². The number of piperidine rings is 2. The molecular weight excluding hydrogens is 490 g/mol. The molecule has 3 N–H and O–H groups in total. The second-order valence-corrected chi connectivity index (χ2v) is 11.4. The minimum absolute atomic E-state index is 0.0665. The average Bonchev–Trinajstić information content (AvgIpc) is 3.67. The Morgan fingerprint density at radius 2 is 1.92 bits per heavy atom. The first-order valence-electron chi connectivity index (χ1n) is 13.9. The minimum Gasteiger partial charge on any atom is -0.346 e. The summed E-state index contributed by atoms with van der Waals surface area (Å²) in [6, 6.07) is 8.46. The number of nitrogens with one attached hydrogen (secondary N) is 3. The maximum atomic E-state index is 13.2. The molecule has 0 bridgehead atoms. The largest absolute Gasteiger partial charge is 0.346 e. The molecular formula is C30H33N7O2. The first-order valence-corrected chi connectivity index (χ1v) is 13.9. The van der Waals surface area contributed by atoms with Crippen molar-refractivity contribution in [3.63, 3.8) is 0 Å². The van der Waals surface area contributed by atoms with E-state index >= 15 is 0 Å². The number of carbonyl (C=O) groups is 2. The molecule has 9 nitrogen and oxygen atoms in total. The Hall–Kier alpha value is -3.82. The second-order valence-electron chi connectivity index (χ2n) is 11.4. The molecule has 4 aromatic rings. The Bertz CT molecular complexity index is 1570. The van der Waals surface area contributed by atoms with Crippen LogP contribution < -0.4 is 10.6 Å². The lowest BCUT2D eigenvalue weighted by atomic mass is 9.73. The van der Waals surface area contributed by atoms with Crippen LogP contribution in [-0.2, 0) is 5.41 Å². The maximum absolute atomic E-state index is 13.2. The molecule has 1 amide bonds. The number of fused-ring (bicyclic) bond motifs is 3. The number of Topliss-reactive ketones (excluding diaryl/α,β-unsaturated/α-hetero) is 1. The van der Waals surface area contributed by atoms with Gasteiger partial charge in [0, 0.05) is 46.9 Å². The fourth-order valence-electron chi connectivity index (χ4n) is 6.63. The number of benzene rings is 1. The number of aromatic nitrogens is 4. The number of pyridine rings is 1. The summed E-state index contributed by atoms with van der Waals surface area (Å²) in [7, 11) is 2.15.